The van der Waals surface area contributed by atoms with Crippen LogP contribution in [0.3, 0.4) is 0 Å². The Balaban J connectivity index is 1.92. The highest BCUT2D eigenvalue weighted by Gasteiger charge is 2.23. The number of aromatic nitrogens is 2. The molecule has 1 amide bonds. The van der Waals surface area contributed by atoms with Gasteiger partial charge >= 0.3 is 0 Å². The van der Waals surface area contributed by atoms with E-state index in [9.17, 15) is 4.79 Å². The molecule has 0 aliphatic heterocycles. The van der Waals surface area contributed by atoms with Crippen molar-refractivity contribution in [3.63, 3.8) is 0 Å². The van der Waals surface area contributed by atoms with Crippen LogP contribution in [0.1, 0.15) is 67.0 Å². The Bertz CT molecular complexity index is 753. The summed E-state index contributed by atoms with van der Waals surface area (Å²) in [6.45, 7) is 10.0. The second-order valence-electron chi connectivity index (χ2n) is 8.00. The van der Waals surface area contributed by atoms with Gasteiger partial charge in [-0.3, -0.25) is 4.79 Å². The highest BCUT2D eigenvalue weighted by molar-refractivity contribution is 7.09. The van der Waals surface area contributed by atoms with Crippen LogP contribution in [0.25, 0.3) is 11.4 Å². The molecular weight excluding hydrogens is 342 g/mol. The van der Waals surface area contributed by atoms with Gasteiger partial charge < -0.3 is 9.88 Å². The van der Waals surface area contributed by atoms with Crippen molar-refractivity contribution in [1.29, 1.82) is 0 Å². The monoisotopic (exact) mass is 373 g/mol. The fourth-order valence-electron chi connectivity index (χ4n) is 3.82. The lowest BCUT2D eigenvalue weighted by Gasteiger charge is -2.24. The fraction of sp³-hybridized carbons (Fsp3) is 0.619. The second kappa shape index (κ2) is 8.38. The SMILES string of the molecule is Cc1nc(-c2cc(C(=O)NCC(C)C)c(C)n2CC2CCCCC2)cs1. The lowest BCUT2D eigenvalue weighted by Crippen LogP contribution is -2.27. The molecule has 1 saturated carbocycles. The molecule has 0 radical (unpaired) electrons. The minimum absolute atomic E-state index is 0.0341. The maximum atomic E-state index is 12.7. The third-order valence-corrected chi connectivity index (χ3v) is 6.10. The highest BCUT2D eigenvalue weighted by Crippen LogP contribution is 2.31. The van der Waals surface area contributed by atoms with Crippen LogP contribution in [0.4, 0.5) is 0 Å². The van der Waals surface area contributed by atoms with Gasteiger partial charge in [0.2, 0.25) is 0 Å². The number of aryl methyl sites for hydroxylation is 1. The first kappa shape index (κ1) is 19.2. The molecule has 1 aliphatic rings. The summed E-state index contributed by atoms with van der Waals surface area (Å²) < 4.78 is 2.34. The van der Waals surface area contributed by atoms with Gasteiger partial charge in [-0.1, -0.05) is 33.1 Å². The molecule has 0 atom stereocenters. The third-order valence-electron chi connectivity index (χ3n) is 5.33. The molecule has 4 nitrogen and oxygen atoms in total. The predicted molar refractivity (Wildman–Crippen MR) is 109 cm³/mol. The van der Waals surface area contributed by atoms with Crippen LogP contribution in [0.5, 0.6) is 0 Å². The summed E-state index contributed by atoms with van der Waals surface area (Å²) in [5.41, 5.74) is 3.95. The lowest BCUT2D eigenvalue weighted by atomic mass is 9.89. The molecule has 5 heteroatoms. The Morgan fingerprint density at radius 3 is 2.65 bits per heavy atom. The third kappa shape index (κ3) is 4.37. The Kier molecular flexibility index (Phi) is 6.17. The maximum absolute atomic E-state index is 12.7. The van der Waals surface area contributed by atoms with Gasteiger partial charge in [0.1, 0.15) is 0 Å². The van der Waals surface area contributed by atoms with Gasteiger partial charge in [0, 0.05) is 24.2 Å². The van der Waals surface area contributed by atoms with Crippen LogP contribution in [-0.4, -0.2) is 22.0 Å². The largest absolute Gasteiger partial charge is 0.352 e. The van der Waals surface area contributed by atoms with Gasteiger partial charge in [-0.2, -0.15) is 0 Å². The molecule has 0 spiro atoms. The minimum atomic E-state index is 0.0341. The predicted octanol–water partition coefficient (Wildman–Crippen LogP) is 5.19. The normalized spacial score (nSPS) is 15.6. The number of nitrogens with one attached hydrogen (secondary N) is 1. The van der Waals surface area contributed by atoms with Crippen LogP contribution in [0, 0.1) is 25.7 Å². The zero-order valence-electron chi connectivity index (χ0n) is 16.5. The molecule has 2 aromatic heterocycles. The van der Waals surface area contributed by atoms with E-state index in [2.05, 4.69) is 41.0 Å². The minimum Gasteiger partial charge on any atom is -0.352 e. The molecule has 1 fully saturated rings. The first-order valence-electron chi connectivity index (χ1n) is 9.86. The van der Waals surface area contributed by atoms with E-state index in [1.165, 1.54) is 32.1 Å². The molecule has 142 valence electrons. The van der Waals surface area contributed by atoms with E-state index in [0.29, 0.717) is 18.4 Å². The van der Waals surface area contributed by atoms with Crippen molar-refractivity contribution in [2.24, 2.45) is 11.8 Å². The van der Waals surface area contributed by atoms with Gasteiger partial charge in [0.05, 0.1) is 22.0 Å². The Morgan fingerprint density at radius 1 is 1.31 bits per heavy atom. The summed E-state index contributed by atoms with van der Waals surface area (Å²) in [5.74, 6) is 1.19. The summed E-state index contributed by atoms with van der Waals surface area (Å²) >= 11 is 1.67. The fourth-order valence-corrected chi connectivity index (χ4v) is 4.43. The van der Waals surface area contributed by atoms with Gasteiger partial charge in [-0.25, -0.2) is 4.98 Å². The van der Waals surface area contributed by atoms with Crippen LogP contribution in [0.2, 0.25) is 0 Å². The van der Waals surface area contributed by atoms with Crippen LogP contribution >= 0.6 is 11.3 Å². The van der Waals surface area contributed by atoms with Crippen molar-refractivity contribution in [2.45, 2.75) is 66.3 Å². The van der Waals surface area contributed by atoms with Crippen molar-refractivity contribution < 1.29 is 4.79 Å². The van der Waals surface area contributed by atoms with E-state index in [1.54, 1.807) is 11.3 Å². The molecule has 2 aromatic rings. The van der Waals surface area contributed by atoms with Crippen molar-refractivity contribution in [3.8, 4) is 11.4 Å². The summed E-state index contributed by atoms with van der Waals surface area (Å²) in [7, 11) is 0. The van der Waals surface area contributed by atoms with E-state index < -0.39 is 0 Å². The molecular formula is C21H31N3OS. The molecule has 0 bridgehead atoms. The number of hydrogen-bond donors (Lipinski definition) is 1. The molecule has 0 unspecified atom stereocenters. The average Bonchev–Trinajstić information content (AvgIpc) is 3.18. The summed E-state index contributed by atoms with van der Waals surface area (Å²) in [4.78, 5) is 17.4. The van der Waals surface area contributed by atoms with Crippen molar-refractivity contribution >= 4 is 17.2 Å². The first-order chi connectivity index (χ1) is 12.5. The van der Waals surface area contributed by atoms with Crippen molar-refractivity contribution in [1.82, 2.24) is 14.9 Å². The Labute approximate surface area is 161 Å². The van der Waals surface area contributed by atoms with Gasteiger partial charge in [0.15, 0.2) is 0 Å². The summed E-state index contributed by atoms with van der Waals surface area (Å²) in [6.07, 6.45) is 6.61. The molecule has 1 N–H and O–H groups in total. The number of rotatable bonds is 6. The topological polar surface area (TPSA) is 46.9 Å². The van der Waals surface area contributed by atoms with Crippen molar-refractivity contribution in [3.05, 3.63) is 27.7 Å². The van der Waals surface area contributed by atoms with E-state index in [1.807, 2.05) is 13.0 Å². The molecule has 0 aromatic carbocycles. The Hall–Kier alpha value is -1.62. The van der Waals surface area contributed by atoms with E-state index in [4.69, 9.17) is 0 Å². The molecule has 0 saturated heterocycles. The quantitative estimate of drug-likeness (QED) is 0.757. The van der Waals surface area contributed by atoms with E-state index in [0.717, 1.165) is 34.2 Å². The zero-order valence-corrected chi connectivity index (χ0v) is 17.3. The number of thiazole rings is 1. The number of nitrogens with zero attached hydrogens (tertiary/aromatic N) is 2. The highest BCUT2D eigenvalue weighted by atomic mass is 32.1. The van der Waals surface area contributed by atoms with Gasteiger partial charge in [0.25, 0.3) is 5.91 Å². The van der Waals surface area contributed by atoms with Crippen LogP contribution < -0.4 is 5.32 Å². The lowest BCUT2D eigenvalue weighted by molar-refractivity contribution is 0.0948. The van der Waals surface area contributed by atoms with Gasteiger partial charge in [-0.05, 0) is 44.6 Å². The molecule has 3 rings (SSSR count). The number of amides is 1. The van der Waals surface area contributed by atoms with E-state index >= 15 is 0 Å². The van der Waals surface area contributed by atoms with Crippen LogP contribution in [0.15, 0.2) is 11.4 Å². The standard InChI is InChI=1S/C21H31N3OS/c1-14(2)11-22-21(25)18-10-20(19-13-26-16(4)23-19)24(15(18)3)12-17-8-6-5-7-9-17/h10,13-14,17H,5-9,11-12H2,1-4H3,(H,22,25). The zero-order chi connectivity index (χ0) is 18.7. The second-order valence-corrected chi connectivity index (χ2v) is 9.06. The average molecular weight is 374 g/mol. The summed E-state index contributed by atoms with van der Waals surface area (Å²) in [6, 6.07) is 2.04. The molecule has 2 heterocycles. The first-order valence-corrected chi connectivity index (χ1v) is 10.7. The molecule has 1 aliphatic carbocycles. The van der Waals surface area contributed by atoms with E-state index in [-0.39, 0.29) is 5.91 Å². The summed E-state index contributed by atoms with van der Waals surface area (Å²) in [5, 5.41) is 6.24. The molecule has 26 heavy (non-hydrogen) atoms. The maximum Gasteiger partial charge on any atom is 0.253 e. The Morgan fingerprint density at radius 2 is 2.04 bits per heavy atom. The van der Waals surface area contributed by atoms with Gasteiger partial charge in [-0.15, -0.1) is 11.3 Å². The number of hydrogen-bond acceptors (Lipinski definition) is 3. The number of carbonyl (C=O) groups excluding carboxylic acids is 1. The van der Waals surface area contributed by atoms with Crippen molar-refractivity contribution in [2.75, 3.05) is 6.54 Å². The van der Waals surface area contributed by atoms with Crippen LogP contribution in [-0.2, 0) is 6.54 Å². The smallest absolute Gasteiger partial charge is 0.253 e. The number of carbonyl (C=O) groups is 1.